The van der Waals surface area contributed by atoms with E-state index in [1.165, 1.54) is 6.42 Å². The summed E-state index contributed by atoms with van der Waals surface area (Å²) in [6.45, 7) is 5.82. The number of nitrogens with zero attached hydrogens (tertiary/aromatic N) is 1. The van der Waals surface area contributed by atoms with Crippen LogP contribution in [0.5, 0.6) is 0 Å². The van der Waals surface area contributed by atoms with Crippen LogP contribution in [0, 0.1) is 5.92 Å². The van der Waals surface area contributed by atoms with Gasteiger partial charge in [0.2, 0.25) is 11.8 Å². The van der Waals surface area contributed by atoms with Gasteiger partial charge < -0.3 is 5.32 Å². The molecular weight excluding hydrogens is 218 g/mol. The monoisotopic (exact) mass is 239 g/mol. The lowest BCUT2D eigenvalue weighted by molar-refractivity contribution is -0.123. The van der Waals surface area contributed by atoms with Crippen molar-refractivity contribution in [2.24, 2.45) is 11.0 Å². The molecule has 0 unspecified atom stereocenters. The maximum atomic E-state index is 10.7. The molecule has 2 amide bonds. The number of carbonyl (C=O) groups is 2. The average molecular weight is 239 g/mol. The van der Waals surface area contributed by atoms with E-state index >= 15 is 0 Å². The van der Waals surface area contributed by atoms with Crippen LogP contribution >= 0.6 is 0 Å². The van der Waals surface area contributed by atoms with E-state index in [1.54, 1.807) is 0 Å². The first-order chi connectivity index (χ1) is 8.15. The number of hydrogen-bond donors (Lipinski definition) is 2. The van der Waals surface area contributed by atoms with Gasteiger partial charge in [-0.2, -0.15) is 5.10 Å². The molecular formula is C12H21N3O2. The molecule has 0 aromatic carbocycles. The molecule has 2 atom stereocenters. The smallest absolute Gasteiger partial charge is 0.245 e. The molecule has 5 heteroatoms. The fourth-order valence-electron chi connectivity index (χ4n) is 2.14. The van der Waals surface area contributed by atoms with E-state index in [1.807, 2.05) is 20.8 Å². The summed E-state index contributed by atoms with van der Waals surface area (Å²) in [4.78, 5) is 21.0. The molecule has 5 nitrogen and oxygen atoms in total. The second kappa shape index (κ2) is 6.37. The van der Waals surface area contributed by atoms with Gasteiger partial charge in [-0.1, -0.05) is 13.8 Å². The van der Waals surface area contributed by atoms with Gasteiger partial charge >= 0.3 is 0 Å². The van der Waals surface area contributed by atoms with E-state index in [-0.39, 0.29) is 5.91 Å². The first kappa shape index (κ1) is 13.7. The first-order valence-electron chi connectivity index (χ1n) is 6.27. The molecule has 0 spiro atoms. The van der Waals surface area contributed by atoms with Crippen molar-refractivity contribution in [3.05, 3.63) is 0 Å². The van der Waals surface area contributed by atoms with Gasteiger partial charge in [0.1, 0.15) is 0 Å². The van der Waals surface area contributed by atoms with Crippen LogP contribution in [0.4, 0.5) is 0 Å². The first-order valence-corrected chi connectivity index (χ1v) is 6.27. The van der Waals surface area contributed by atoms with Crippen molar-refractivity contribution >= 4 is 17.5 Å². The Morgan fingerprint density at radius 3 is 2.12 bits per heavy atom. The predicted octanol–water partition coefficient (Wildman–Crippen LogP) is 1.19. The van der Waals surface area contributed by atoms with Crippen LogP contribution in [0.1, 0.15) is 46.5 Å². The van der Waals surface area contributed by atoms with Gasteiger partial charge in [0, 0.05) is 17.7 Å². The normalized spacial score (nSPS) is 28.3. The predicted molar refractivity (Wildman–Crippen MR) is 66.5 cm³/mol. The Morgan fingerprint density at radius 2 is 1.94 bits per heavy atom. The second-order valence-corrected chi connectivity index (χ2v) is 4.27. The maximum absolute atomic E-state index is 10.7. The van der Waals surface area contributed by atoms with Crippen LogP contribution in [0.25, 0.3) is 0 Å². The summed E-state index contributed by atoms with van der Waals surface area (Å²) < 4.78 is 0. The van der Waals surface area contributed by atoms with E-state index in [0.29, 0.717) is 24.3 Å². The van der Waals surface area contributed by atoms with E-state index in [0.717, 1.165) is 18.6 Å². The zero-order chi connectivity index (χ0) is 12.8. The molecule has 1 aliphatic carbocycles. The molecule has 2 aliphatic heterocycles. The number of hydrazone groups is 1. The minimum Gasteiger partial charge on any atom is -0.353 e. The number of carbonyl (C=O) groups excluding carboxylic acids is 2. The van der Waals surface area contributed by atoms with Crippen LogP contribution in [-0.4, -0.2) is 23.6 Å². The van der Waals surface area contributed by atoms with Crippen LogP contribution < -0.4 is 10.7 Å². The largest absolute Gasteiger partial charge is 0.353 e. The zero-order valence-corrected chi connectivity index (χ0v) is 10.7. The molecule has 96 valence electrons. The highest BCUT2D eigenvalue weighted by Gasteiger charge is 2.37. The highest BCUT2D eigenvalue weighted by atomic mass is 16.2. The fourth-order valence-corrected chi connectivity index (χ4v) is 2.14. The number of fused-ring (bicyclic) bond motifs is 2. The third kappa shape index (κ3) is 3.84. The quantitative estimate of drug-likeness (QED) is 0.666. The third-order valence-electron chi connectivity index (χ3n) is 2.94. The number of hydrogen-bond acceptors (Lipinski definition) is 3. The van der Waals surface area contributed by atoms with Gasteiger partial charge in [-0.05, 0) is 26.2 Å². The molecule has 0 aromatic heterocycles. The molecule has 1 saturated heterocycles. The molecule has 17 heavy (non-hydrogen) atoms. The van der Waals surface area contributed by atoms with Crippen molar-refractivity contribution in [1.29, 1.82) is 0 Å². The Morgan fingerprint density at radius 1 is 1.24 bits per heavy atom. The molecule has 2 N–H and O–H groups in total. The van der Waals surface area contributed by atoms with E-state index in [4.69, 9.17) is 0 Å². The summed E-state index contributed by atoms with van der Waals surface area (Å²) in [6, 6.07) is 0.549. The lowest BCUT2D eigenvalue weighted by Gasteiger charge is -2.08. The third-order valence-corrected chi connectivity index (χ3v) is 2.94. The van der Waals surface area contributed by atoms with Crippen LogP contribution in [0.2, 0.25) is 0 Å². The topological polar surface area (TPSA) is 70.6 Å². The highest BCUT2D eigenvalue weighted by Crippen LogP contribution is 2.31. The minimum atomic E-state index is -0.00231. The van der Waals surface area contributed by atoms with Gasteiger partial charge in [0.05, 0.1) is 6.42 Å². The fraction of sp³-hybridized carbons (Fsp3) is 0.750. The molecule has 2 bridgehead atoms. The summed E-state index contributed by atoms with van der Waals surface area (Å²) in [7, 11) is 0. The molecule has 2 heterocycles. The van der Waals surface area contributed by atoms with Gasteiger partial charge in [0.25, 0.3) is 0 Å². The molecule has 2 fully saturated rings. The Labute approximate surface area is 102 Å². The number of rotatable bonds is 0. The van der Waals surface area contributed by atoms with E-state index in [2.05, 4.69) is 15.8 Å². The summed E-state index contributed by atoms with van der Waals surface area (Å²) >= 11 is 0. The van der Waals surface area contributed by atoms with Crippen LogP contribution in [-0.2, 0) is 9.59 Å². The SMILES string of the molecule is CC.CC1=NNC(=O)C1.O=C1N[C@H]2CC[C@H]1C2. The summed E-state index contributed by atoms with van der Waals surface area (Å²) in [6.07, 6.45) is 3.94. The van der Waals surface area contributed by atoms with Gasteiger partial charge in [0.15, 0.2) is 0 Å². The van der Waals surface area contributed by atoms with Crippen molar-refractivity contribution < 1.29 is 9.59 Å². The zero-order valence-electron chi connectivity index (χ0n) is 10.7. The second-order valence-electron chi connectivity index (χ2n) is 4.27. The molecule has 1 saturated carbocycles. The lowest BCUT2D eigenvalue weighted by Crippen LogP contribution is -2.30. The van der Waals surface area contributed by atoms with Crippen molar-refractivity contribution in [2.75, 3.05) is 0 Å². The number of piperidine rings is 1. The average Bonchev–Trinajstić information content (AvgIpc) is 2.99. The van der Waals surface area contributed by atoms with Gasteiger partial charge in [-0.25, -0.2) is 5.43 Å². The molecule has 0 radical (unpaired) electrons. The van der Waals surface area contributed by atoms with Crippen LogP contribution in [0.3, 0.4) is 0 Å². The summed E-state index contributed by atoms with van der Waals surface area (Å²) in [5.41, 5.74) is 3.18. The Kier molecular flexibility index (Phi) is 5.12. The van der Waals surface area contributed by atoms with Crippen molar-refractivity contribution in [1.82, 2.24) is 10.7 Å². The molecule has 3 rings (SSSR count). The Balaban J connectivity index is 0.000000150. The highest BCUT2D eigenvalue weighted by molar-refractivity contribution is 6.03. The standard InChI is InChI=1S/C6H9NO.C4H6N2O.C2H6/c8-6-4-1-2-5(3-4)7-6;1-3-2-4(7)6-5-3;1-2/h4-5H,1-3H2,(H,7,8);2H2,1H3,(H,6,7);1-2H3/t4-,5-;;/m0../s1. The number of amides is 2. The van der Waals surface area contributed by atoms with Gasteiger partial charge in [-0.15, -0.1) is 0 Å². The minimum absolute atomic E-state index is 0.00231. The Bertz CT molecular complexity index is 326. The number of nitrogens with one attached hydrogen (secondary N) is 2. The maximum Gasteiger partial charge on any atom is 0.245 e. The van der Waals surface area contributed by atoms with Crippen molar-refractivity contribution in [2.45, 2.75) is 52.5 Å². The summed E-state index contributed by atoms with van der Waals surface area (Å²) in [5.74, 6) is 0.679. The van der Waals surface area contributed by atoms with Gasteiger partial charge in [-0.3, -0.25) is 9.59 Å². The van der Waals surface area contributed by atoms with Crippen LogP contribution in [0.15, 0.2) is 5.10 Å². The van der Waals surface area contributed by atoms with Crippen molar-refractivity contribution in [3.63, 3.8) is 0 Å². The summed E-state index contributed by atoms with van der Waals surface area (Å²) in [5, 5.41) is 6.55. The molecule has 0 aromatic rings. The Hall–Kier alpha value is -1.39. The lowest BCUT2D eigenvalue weighted by atomic mass is 10.1. The molecule has 3 aliphatic rings. The van der Waals surface area contributed by atoms with Crippen molar-refractivity contribution in [3.8, 4) is 0 Å². The van der Waals surface area contributed by atoms with E-state index in [9.17, 15) is 9.59 Å². The van der Waals surface area contributed by atoms with E-state index < -0.39 is 0 Å².